The number of nitrogens with two attached hydrogens (primary N) is 2. The van der Waals surface area contributed by atoms with Crippen LogP contribution >= 0.6 is 0 Å². The van der Waals surface area contributed by atoms with E-state index in [1.807, 2.05) is 6.07 Å². The summed E-state index contributed by atoms with van der Waals surface area (Å²) in [5.74, 6) is 4.76. The van der Waals surface area contributed by atoms with Gasteiger partial charge in [-0.3, -0.25) is 0 Å². The molecule has 0 heterocycles. The van der Waals surface area contributed by atoms with Crippen LogP contribution < -0.4 is 11.6 Å². The van der Waals surface area contributed by atoms with Gasteiger partial charge in [0, 0.05) is 12.6 Å². The number of halogens is 1. The Labute approximate surface area is 86.4 Å². The van der Waals surface area contributed by atoms with E-state index in [-0.39, 0.29) is 17.0 Å². The lowest BCUT2D eigenvalue weighted by atomic mass is 10.1. The van der Waals surface area contributed by atoms with Gasteiger partial charge in [-0.1, -0.05) is 0 Å². The van der Waals surface area contributed by atoms with Crippen LogP contribution in [0.5, 0.6) is 0 Å². The standard InChI is InChI=1S/C9H10FN5/c1-15(13)14-9(12)8-4-7(10)3-2-6(8)5-11/h2-4H,13H2,1H3,(H2,12,14). The van der Waals surface area contributed by atoms with E-state index in [0.717, 1.165) is 11.2 Å². The van der Waals surface area contributed by atoms with Crippen molar-refractivity contribution in [2.45, 2.75) is 0 Å². The van der Waals surface area contributed by atoms with Crippen LogP contribution in [0.15, 0.2) is 23.3 Å². The number of hydrazone groups is 1. The van der Waals surface area contributed by atoms with Crippen LogP contribution in [0.3, 0.4) is 0 Å². The molecule has 0 fully saturated rings. The zero-order chi connectivity index (χ0) is 11.4. The van der Waals surface area contributed by atoms with Crippen molar-refractivity contribution >= 4 is 5.84 Å². The zero-order valence-electron chi connectivity index (χ0n) is 8.11. The van der Waals surface area contributed by atoms with Crippen molar-refractivity contribution in [1.29, 1.82) is 5.26 Å². The van der Waals surface area contributed by atoms with E-state index < -0.39 is 5.82 Å². The summed E-state index contributed by atoms with van der Waals surface area (Å²) in [6.07, 6.45) is 0. The van der Waals surface area contributed by atoms with E-state index in [0.29, 0.717) is 0 Å². The molecule has 1 aromatic rings. The Kier molecular flexibility index (Phi) is 3.21. The first-order chi connectivity index (χ1) is 7.04. The fourth-order valence-electron chi connectivity index (χ4n) is 1.05. The normalized spacial score (nSPS) is 10.9. The molecule has 1 rings (SSSR count). The highest BCUT2D eigenvalue weighted by atomic mass is 19.1. The van der Waals surface area contributed by atoms with Crippen LogP contribution in [0.4, 0.5) is 4.39 Å². The van der Waals surface area contributed by atoms with E-state index in [1.165, 1.54) is 19.2 Å². The fourth-order valence-corrected chi connectivity index (χ4v) is 1.05. The van der Waals surface area contributed by atoms with Crippen LogP contribution in [0.2, 0.25) is 0 Å². The molecular formula is C9H10FN5. The van der Waals surface area contributed by atoms with Crippen LogP contribution in [0.1, 0.15) is 11.1 Å². The third-order valence-electron chi connectivity index (χ3n) is 1.64. The van der Waals surface area contributed by atoms with Crippen LogP contribution in [-0.2, 0) is 0 Å². The SMILES string of the molecule is CN(N)/N=C(\N)c1cc(F)ccc1C#N. The van der Waals surface area contributed by atoms with Gasteiger partial charge >= 0.3 is 0 Å². The number of benzene rings is 1. The monoisotopic (exact) mass is 207 g/mol. The van der Waals surface area contributed by atoms with Crippen molar-refractivity contribution in [3.8, 4) is 6.07 Å². The summed E-state index contributed by atoms with van der Waals surface area (Å²) >= 11 is 0. The number of hydrazine groups is 1. The van der Waals surface area contributed by atoms with Gasteiger partial charge in [0.05, 0.1) is 11.6 Å². The summed E-state index contributed by atoms with van der Waals surface area (Å²) in [6.45, 7) is 0. The average Bonchev–Trinajstić information content (AvgIpc) is 2.16. The number of amidine groups is 1. The molecule has 0 saturated carbocycles. The predicted molar refractivity (Wildman–Crippen MR) is 53.8 cm³/mol. The van der Waals surface area contributed by atoms with E-state index >= 15 is 0 Å². The second-order valence-electron chi connectivity index (χ2n) is 2.86. The van der Waals surface area contributed by atoms with Gasteiger partial charge in [-0.15, -0.1) is 5.10 Å². The van der Waals surface area contributed by atoms with Gasteiger partial charge in [0.25, 0.3) is 0 Å². The largest absolute Gasteiger partial charge is 0.382 e. The van der Waals surface area contributed by atoms with Gasteiger partial charge in [-0.25, -0.2) is 15.4 Å². The Morgan fingerprint density at radius 1 is 1.60 bits per heavy atom. The van der Waals surface area contributed by atoms with E-state index in [9.17, 15) is 4.39 Å². The van der Waals surface area contributed by atoms with Crippen molar-refractivity contribution < 1.29 is 4.39 Å². The molecule has 0 spiro atoms. The Morgan fingerprint density at radius 3 is 2.80 bits per heavy atom. The molecule has 6 heteroatoms. The highest BCUT2D eigenvalue weighted by Crippen LogP contribution is 2.10. The number of rotatable bonds is 2. The van der Waals surface area contributed by atoms with Crippen molar-refractivity contribution in [3.05, 3.63) is 35.1 Å². The van der Waals surface area contributed by atoms with Gasteiger partial charge in [-0.2, -0.15) is 5.26 Å². The highest BCUT2D eigenvalue weighted by Gasteiger charge is 2.07. The molecule has 0 radical (unpaired) electrons. The lowest BCUT2D eigenvalue weighted by molar-refractivity contribution is 0.371. The summed E-state index contributed by atoms with van der Waals surface area (Å²) in [5, 5.41) is 13.4. The lowest BCUT2D eigenvalue weighted by Gasteiger charge is -2.07. The number of nitriles is 1. The Bertz CT molecular complexity index is 433. The molecule has 5 nitrogen and oxygen atoms in total. The molecule has 15 heavy (non-hydrogen) atoms. The smallest absolute Gasteiger partial charge is 0.153 e. The molecular weight excluding hydrogens is 197 g/mol. The Hall–Kier alpha value is -2.13. The van der Waals surface area contributed by atoms with Crippen LogP contribution in [-0.4, -0.2) is 18.0 Å². The van der Waals surface area contributed by atoms with Crippen molar-refractivity contribution in [1.82, 2.24) is 5.12 Å². The molecule has 0 saturated heterocycles. The lowest BCUT2D eigenvalue weighted by Crippen LogP contribution is -2.26. The molecule has 78 valence electrons. The number of hydrogen-bond acceptors (Lipinski definition) is 4. The Balaban J connectivity index is 3.24. The van der Waals surface area contributed by atoms with Gasteiger partial charge < -0.3 is 5.73 Å². The molecule has 0 aliphatic carbocycles. The molecule has 1 aromatic carbocycles. The number of hydrogen-bond donors (Lipinski definition) is 2. The van der Waals surface area contributed by atoms with Gasteiger partial charge in [-0.05, 0) is 18.2 Å². The molecule has 0 unspecified atom stereocenters. The van der Waals surface area contributed by atoms with Gasteiger partial charge in [0.15, 0.2) is 5.84 Å². The number of nitrogens with zero attached hydrogens (tertiary/aromatic N) is 3. The minimum absolute atomic E-state index is 0.00366. The maximum absolute atomic E-state index is 12.9. The second kappa shape index (κ2) is 4.39. The van der Waals surface area contributed by atoms with E-state index in [1.54, 1.807) is 0 Å². The molecule has 0 atom stereocenters. The minimum atomic E-state index is -0.484. The van der Waals surface area contributed by atoms with Gasteiger partial charge in [0.2, 0.25) is 0 Å². The van der Waals surface area contributed by atoms with E-state index in [2.05, 4.69) is 5.10 Å². The average molecular weight is 207 g/mol. The van der Waals surface area contributed by atoms with Crippen LogP contribution in [0, 0.1) is 17.1 Å². The Morgan fingerprint density at radius 2 is 2.27 bits per heavy atom. The highest BCUT2D eigenvalue weighted by molar-refractivity contribution is 5.99. The maximum atomic E-state index is 12.9. The summed E-state index contributed by atoms with van der Waals surface area (Å²) in [6, 6.07) is 5.55. The molecule has 4 N–H and O–H groups in total. The first-order valence-electron chi connectivity index (χ1n) is 4.07. The zero-order valence-corrected chi connectivity index (χ0v) is 8.11. The summed E-state index contributed by atoms with van der Waals surface area (Å²) < 4.78 is 12.9. The van der Waals surface area contributed by atoms with Crippen LogP contribution in [0.25, 0.3) is 0 Å². The summed E-state index contributed by atoms with van der Waals surface area (Å²) in [4.78, 5) is 0. The molecule has 0 aliphatic rings. The second-order valence-corrected chi connectivity index (χ2v) is 2.86. The molecule has 0 bridgehead atoms. The fraction of sp³-hybridized carbons (Fsp3) is 0.111. The van der Waals surface area contributed by atoms with Crippen molar-refractivity contribution in [3.63, 3.8) is 0 Å². The first-order valence-corrected chi connectivity index (χ1v) is 4.07. The van der Waals surface area contributed by atoms with Gasteiger partial charge in [0.1, 0.15) is 5.82 Å². The summed E-state index contributed by atoms with van der Waals surface area (Å²) in [7, 11) is 1.47. The molecule has 0 aromatic heterocycles. The topological polar surface area (TPSA) is 91.4 Å². The summed E-state index contributed by atoms with van der Waals surface area (Å²) in [5.41, 5.74) is 6.03. The first kappa shape index (κ1) is 10.9. The van der Waals surface area contributed by atoms with Crippen molar-refractivity contribution in [2.24, 2.45) is 16.7 Å². The maximum Gasteiger partial charge on any atom is 0.153 e. The minimum Gasteiger partial charge on any atom is -0.382 e. The molecule has 0 amide bonds. The van der Waals surface area contributed by atoms with Crippen molar-refractivity contribution in [2.75, 3.05) is 7.05 Å². The van der Waals surface area contributed by atoms with E-state index in [4.69, 9.17) is 16.8 Å². The predicted octanol–water partition coefficient (Wildman–Crippen LogP) is 0.123. The third-order valence-corrected chi connectivity index (χ3v) is 1.64. The third kappa shape index (κ3) is 2.65. The quantitative estimate of drug-likeness (QED) is 0.312. The molecule has 0 aliphatic heterocycles.